The lowest BCUT2D eigenvalue weighted by Gasteiger charge is -2.30. The van der Waals surface area contributed by atoms with Gasteiger partial charge in [-0.2, -0.15) is 0 Å². The Balaban J connectivity index is 0.000000686. The van der Waals surface area contributed by atoms with Crippen LogP contribution in [0.5, 0.6) is 0 Å². The molecular weight excluding hydrogens is 212 g/mol. The quantitative estimate of drug-likeness (QED) is 0.751. The molecule has 3 heteroatoms. The van der Waals surface area contributed by atoms with Crippen molar-refractivity contribution in [3.63, 3.8) is 0 Å². The SMILES string of the molecule is CC.Cc1ccc(C(=O)CCN2CCC2)nc1. The number of ketones is 1. The number of hydrogen-bond acceptors (Lipinski definition) is 3. The molecule has 17 heavy (non-hydrogen) atoms. The first-order valence-corrected chi connectivity index (χ1v) is 6.44. The molecule has 0 N–H and O–H groups in total. The molecule has 0 atom stereocenters. The topological polar surface area (TPSA) is 33.2 Å². The van der Waals surface area contributed by atoms with Crippen molar-refractivity contribution in [1.82, 2.24) is 9.88 Å². The Labute approximate surface area is 104 Å². The van der Waals surface area contributed by atoms with Crippen molar-refractivity contribution in [2.45, 2.75) is 33.6 Å². The van der Waals surface area contributed by atoms with Gasteiger partial charge in [-0.1, -0.05) is 19.9 Å². The van der Waals surface area contributed by atoms with E-state index >= 15 is 0 Å². The third-order valence-electron chi connectivity index (χ3n) is 2.80. The van der Waals surface area contributed by atoms with Crippen molar-refractivity contribution in [1.29, 1.82) is 0 Å². The van der Waals surface area contributed by atoms with Crippen molar-refractivity contribution < 1.29 is 4.79 Å². The normalized spacial score (nSPS) is 14.5. The molecule has 1 aliphatic heterocycles. The predicted molar refractivity (Wildman–Crippen MR) is 70.3 cm³/mol. The van der Waals surface area contributed by atoms with Crippen LogP contribution in [-0.4, -0.2) is 35.3 Å². The Hall–Kier alpha value is -1.22. The largest absolute Gasteiger partial charge is 0.303 e. The minimum Gasteiger partial charge on any atom is -0.303 e. The van der Waals surface area contributed by atoms with Crippen LogP contribution < -0.4 is 0 Å². The van der Waals surface area contributed by atoms with Crippen molar-refractivity contribution in [3.05, 3.63) is 29.6 Å². The van der Waals surface area contributed by atoms with Gasteiger partial charge >= 0.3 is 0 Å². The maximum atomic E-state index is 11.7. The van der Waals surface area contributed by atoms with Gasteiger partial charge in [-0.25, -0.2) is 0 Å². The van der Waals surface area contributed by atoms with E-state index in [2.05, 4.69) is 9.88 Å². The van der Waals surface area contributed by atoms with Crippen LogP contribution in [0.15, 0.2) is 18.3 Å². The number of pyridine rings is 1. The zero-order valence-corrected chi connectivity index (χ0v) is 11.1. The zero-order chi connectivity index (χ0) is 12.7. The molecule has 0 saturated carbocycles. The summed E-state index contributed by atoms with van der Waals surface area (Å²) in [6.07, 6.45) is 3.61. The molecule has 0 radical (unpaired) electrons. The monoisotopic (exact) mass is 234 g/mol. The summed E-state index contributed by atoms with van der Waals surface area (Å²) in [4.78, 5) is 18.1. The summed E-state index contributed by atoms with van der Waals surface area (Å²) in [7, 11) is 0. The molecule has 1 aliphatic rings. The second-order valence-corrected chi connectivity index (χ2v) is 4.09. The van der Waals surface area contributed by atoms with E-state index in [0.717, 1.165) is 25.2 Å². The van der Waals surface area contributed by atoms with Gasteiger partial charge in [0.25, 0.3) is 0 Å². The summed E-state index contributed by atoms with van der Waals surface area (Å²) in [5, 5.41) is 0. The van der Waals surface area contributed by atoms with Crippen LogP contribution in [-0.2, 0) is 0 Å². The summed E-state index contributed by atoms with van der Waals surface area (Å²) in [5.74, 6) is 0.155. The first-order chi connectivity index (χ1) is 8.25. The molecule has 0 amide bonds. The minimum atomic E-state index is 0.155. The molecule has 0 aliphatic carbocycles. The van der Waals surface area contributed by atoms with E-state index in [4.69, 9.17) is 0 Å². The van der Waals surface area contributed by atoms with Crippen LogP contribution in [0.4, 0.5) is 0 Å². The standard InChI is InChI=1S/C12H16N2O.C2H6/c1-10-3-4-11(13-9-10)12(15)5-8-14-6-2-7-14;1-2/h3-4,9H,2,5-8H2,1H3;1-2H3. The maximum Gasteiger partial charge on any atom is 0.182 e. The fourth-order valence-corrected chi connectivity index (χ4v) is 1.63. The van der Waals surface area contributed by atoms with Crippen LogP contribution >= 0.6 is 0 Å². The lowest BCUT2D eigenvalue weighted by molar-refractivity contribution is 0.0937. The van der Waals surface area contributed by atoms with Crippen LogP contribution in [0.2, 0.25) is 0 Å². The van der Waals surface area contributed by atoms with E-state index < -0.39 is 0 Å². The molecule has 94 valence electrons. The van der Waals surface area contributed by atoms with E-state index in [0.29, 0.717) is 12.1 Å². The molecule has 0 aromatic carbocycles. The van der Waals surface area contributed by atoms with Crippen molar-refractivity contribution in [2.75, 3.05) is 19.6 Å². The summed E-state index contributed by atoms with van der Waals surface area (Å²) in [6.45, 7) is 9.15. The molecule has 2 heterocycles. The fraction of sp³-hybridized carbons (Fsp3) is 0.571. The summed E-state index contributed by atoms with van der Waals surface area (Å²) < 4.78 is 0. The number of rotatable bonds is 4. The Morgan fingerprint density at radius 3 is 2.53 bits per heavy atom. The number of nitrogens with zero attached hydrogens (tertiary/aromatic N) is 2. The number of Topliss-reactive ketones (excluding diaryl/α,β-unsaturated/α-hetero) is 1. The molecule has 3 nitrogen and oxygen atoms in total. The Morgan fingerprint density at radius 1 is 1.35 bits per heavy atom. The summed E-state index contributed by atoms with van der Waals surface area (Å²) >= 11 is 0. The van der Waals surface area contributed by atoms with Gasteiger partial charge in [-0.15, -0.1) is 0 Å². The van der Waals surface area contributed by atoms with Crippen molar-refractivity contribution in [2.24, 2.45) is 0 Å². The zero-order valence-electron chi connectivity index (χ0n) is 11.1. The van der Waals surface area contributed by atoms with E-state index in [1.54, 1.807) is 6.20 Å². The second-order valence-electron chi connectivity index (χ2n) is 4.09. The lowest BCUT2D eigenvalue weighted by Crippen LogP contribution is -2.38. The first-order valence-electron chi connectivity index (χ1n) is 6.44. The van der Waals surface area contributed by atoms with Crippen molar-refractivity contribution >= 4 is 5.78 Å². The van der Waals surface area contributed by atoms with E-state index in [1.807, 2.05) is 32.9 Å². The average Bonchev–Trinajstić information content (AvgIpc) is 2.30. The van der Waals surface area contributed by atoms with Gasteiger partial charge in [0.2, 0.25) is 0 Å². The fourth-order valence-electron chi connectivity index (χ4n) is 1.63. The molecule has 2 rings (SSSR count). The molecule has 0 spiro atoms. The molecule has 0 bridgehead atoms. The van der Waals surface area contributed by atoms with Crippen LogP contribution in [0.25, 0.3) is 0 Å². The van der Waals surface area contributed by atoms with Gasteiger partial charge in [0, 0.05) is 19.2 Å². The third kappa shape index (κ3) is 4.27. The number of carbonyl (C=O) groups excluding carboxylic acids is 1. The smallest absolute Gasteiger partial charge is 0.182 e. The van der Waals surface area contributed by atoms with E-state index in [9.17, 15) is 4.79 Å². The molecule has 1 saturated heterocycles. The lowest BCUT2D eigenvalue weighted by atomic mass is 10.1. The molecule has 0 unspecified atom stereocenters. The Kier molecular flexibility index (Phi) is 5.84. The van der Waals surface area contributed by atoms with Gasteiger partial charge in [0.1, 0.15) is 5.69 Å². The highest BCUT2D eigenvalue weighted by Gasteiger charge is 2.15. The molecule has 1 fully saturated rings. The Morgan fingerprint density at radius 2 is 2.06 bits per heavy atom. The van der Waals surface area contributed by atoms with Gasteiger partial charge in [0.15, 0.2) is 5.78 Å². The second kappa shape index (κ2) is 7.17. The highest BCUT2D eigenvalue weighted by Crippen LogP contribution is 2.08. The molecule has 1 aromatic heterocycles. The highest BCUT2D eigenvalue weighted by molar-refractivity contribution is 5.94. The van der Waals surface area contributed by atoms with Crippen LogP contribution in [0.1, 0.15) is 42.7 Å². The van der Waals surface area contributed by atoms with Crippen LogP contribution in [0, 0.1) is 6.92 Å². The Bertz CT molecular complexity index is 342. The molecular formula is C14H22N2O. The van der Waals surface area contributed by atoms with Gasteiger partial charge < -0.3 is 4.90 Å². The number of carbonyl (C=O) groups is 1. The first kappa shape index (κ1) is 13.8. The van der Waals surface area contributed by atoms with Gasteiger partial charge in [0.05, 0.1) is 0 Å². The summed E-state index contributed by atoms with van der Waals surface area (Å²) in [6, 6.07) is 3.75. The maximum absolute atomic E-state index is 11.7. The highest BCUT2D eigenvalue weighted by atomic mass is 16.1. The summed E-state index contributed by atoms with van der Waals surface area (Å²) in [5.41, 5.74) is 1.69. The number of aromatic nitrogens is 1. The average molecular weight is 234 g/mol. The van der Waals surface area contributed by atoms with Gasteiger partial charge in [-0.3, -0.25) is 9.78 Å². The molecule has 1 aromatic rings. The third-order valence-corrected chi connectivity index (χ3v) is 2.80. The van der Waals surface area contributed by atoms with E-state index in [-0.39, 0.29) is 5.78 Å². The van der Waals surface area contributed by atoms with Gasteiger partial charge in [-0.05, 0) is 38.1 Å². The predicted octanol–water partition coefficient (Wildman–Crippen LogP) is 2.69. The van der Waals surface area contributed by atoms with Crippen LogP contribution in [0.3, 0.4) is 0 Å². The van der Waals surface area contributed by atoms with E-state index in [1.165, 1.54) is 6.42 Å². The number of hydrogen-bond donors (Lipinski definition) is 0. The number of aryl methyl sites for hydroxylation is 1. The number of likely N-dealkylation sites (tertiary alicyclic amines) is 1. The van der Waals surface area contributed by atoms with Crippen molar-refractivity contribution in [3.8, 4) is 0 Å². The minimum absolute atomic E-state index is 0.155.